The van der Waals surface area contributed by atoms with Crippen LogP contribution in [0.3, 0.4) is 0 Å². The first-order valence-corrected chi connectivity index (χ1v) is 10.6. The van der Waals surface area contributed by atoms with E-state index < -0.39 is 23.5 Å². The van der Waals surface area contributed by atoms with Crippen LogP contribution in [0.5, 0.6) is 0 Å². The number of nitrogens with one attached hydrogen (secondary N) is 2. The zero-order chi connectivity index (χ0) is 23.4. The molecule has 1 aromatic heterocycles. The molecule has 4 rings (SSSR count). The monoisotopic (exact) mass is 456 g/mol. The van der Waals surface area contributed by atoms with Crippen LogP contribution >= 0.6 is 0 Å². The van der Waals surface area contributed by atoms with Crippen molar-refractivity contribution in [3.63, 3.8) is 0 Å². The second-order valence-corrected chi connectivity index (χ2v) is 8.05. The maximum absolute atomic E-state index is 13.7. The Morgan fingerprint density at radius 3 is 2.45 bits per heavy atom. The lowest BCUT2D eigenvalue weighted by Gasteiger charge is -2.28. The van der Waals surface area contributed by atoms with Gasteiger partial charge in [0.05, 0.1) is 5.69 Å². The Hall–Kier alpha value is -3.82. The molecule has 33 heavy (non-hydrogen) atoms. The molecule has 3 aromatic rings. The molecule has 172 valence electrons. The molecule has 0 aliphatic heterocycles. The predicted octanol–water partition coefficient (Wildman–Crippen LogP) is 5.09. The van der Waals surface area contributed by atoms with E-state index in [4.69, 9.17) is 9.52 Å². The molecule has 8 nitrogen and oxygen atoms in total. The van der Waals surface area contributed by atoms with E-state index in [-0.39, 0.29) is 29.9 Å². The number of aliphatic carboxylic acids is 1. The Morgan fingerprint density at radius 2 is 1.76 bits per heavy atom. The minimum absolute atomic E-state index is 0.196. The number of anilines is 3. The fourth-order valence-electron chi connectivity index (χ4n) is 4.04. The molecule has 1 aliphatic carbocycles. The van der Waals surface area contributed by atoms with E-state index in [1.807, 2.05) is 12.1 Å². The number of halogens is 2. The Kier molecular flexibility index (Phi) is 6.62. The van der Waals surface area contributed by atoms with Crippen molar-refractivity contribution in [2.45, 2.75) is 38.0 Å². The van der Waals surface area contributed by atoms with E-state index in [2.05, 4.69) is 20.8 Å². The molecule has 10 heteroatoms. The standard InChI is InChI=1S/C23H22F2N4O4/c24-16-7-10-18(25)19(12-16)27-23-29-28-22(33-23)21(32)26-17-8-5-15(6-9-17)14-3-1-13(2-4-14)11-20(30)31/h5-10,12-14H,1-4,11H2,(H,26,32)(H,27,29)(H,30,31). The molecule has 3 N–H and O–H groups in total. The van der Waals surface area contributed by atoms with Crippen molar-refractivity contribution in [2.24, 2.45) is 5.92 Å². The number of rotatable bonds is 7. The van der Waals surface area contributed by atoms with E-state index in [0.29, 0.717) is 11.6 Å². The van der Waals surface area contributed by atoms with Gasteiger partial charge in [0.15, 0.2) is 0 Å². The predicted molar refractivity (Wildman–Crippen MR) is 115 cm³/mol. The number of carboxylic acid groups (broad SMARTS) is 1. The maximum atomic E-state index is 13.7. The molecule has 1 saturated carbocycles. The highest BCUT2D eigenvalue weighted by molar-refractivity contribution is 6.00. The number of carbonyl (C=O) groups excluding carboxylic acids is 1. The van der Waals surface area contributed by atoms with Gasteiger partial charge in [-0.1, -0.05) is 17.2 Å². The number of benzene rings is 2. The Labute approximate surface area is 188 Å². The molecular weight excluding hydrogens is 434 g/mol. The van der Waals surface area contributed by atoms with Crippen molar-refractivity contribution in [3.8, 4) is 0 Å². The van der Waals surface area contributed by atoms with Crippen molar-refractivity contribution in [2.75, 3.05) is 10.6 Å². The number of hydrogen-bond donors (Lipinski definition) is 3. The van der Waals surface area contributed by atoms with Gasteiger partial charge < -0.3 is 20.2 Å². The van der Waals surface area contributed by atoms with E-state index >= 15 is 0 Å². The average Bonchev–Trinajstić information content (AvgIpc) is 3.26. The lowest BCUT2D eigenvalue weighted by atomic mass is 9.77. The molecule has 0 spiro atoms. The first-order chi connectivity index (χ1) is 15.9. The Bertz CT molecular complexity index is 1140. The van der Waals surface area contributed by atoms with Gasteiger partial charge in [0.2, 0.25) is 0 Å². The third-order valence-corrected chi connectivity index (χ3v) is 5.74. The molecule has 1 amide bonds. The molecule has 2 aromatic carbocycles. The molecule has 0 saturated heterocycles. The van der Waals surface area contributed by atoms with Crippen LogP contribution in [0.25, 0.3) is 0 Å². The van der Waals surface area contributed by atoms with Gasteiger partial charge in [-0.2, -0.15) is 0 Å². The summed E-state index contributed by atoms with van der Waals surface area (Å²) in [4.78, 5) is 23.3. The first kappa shape index (κ1) is 22.4. The largest absolute Gasteiger partial charge is 0.481 e. The van der Waals surface area contributed by atoms with Gasteiger partial charge in [-0.25, -0.2) is 8.78 Å². The summed E-state index contributed by atoms with van der Waals surface area (Å²) >= 11 is 0. The smallest absolute Gasteiger partial charge is 0.320 e. The minimum Gasteiger partial charge on any atom is -0.481 e. The summed E-state index contributed by atoms with van der Waals surface area (Å²) in [6, 6.07) is 10.0. The van der Waals surface area contributed by atoms with Crippen LogP contribution < -0.4 is 10.6 Å². The van der Waals surface area contributed by atoms with Crippen LogP contribution in [0.2, 0.25) is 0 Å². The Balaban J connectivity index is 1.33. The zero-order valence-electron chi connectivity index (χ0n) is 17.6. The van der Waals surface area contributed by atoms with Crippen LogP contribution in [-0.2, 0) is 4.79 Å². The molecule has 0 unspecified atom stereocenters. The number of carboxylic acids is 1. The average molecular weight is 456 g/mol. The molecule has 0 radical (unpaired) electrons. The summed E-state index contributed by atoms with van der Waals surface area (Å²) in [6.07, 6.45) is 3.88. The van der Waals surface area contributed by atoms with Crippen LogP contribution in [0.15, 0.2) is 46.9 Å². The fourth-order valence-corrected chi connectivity index (χ4v) is 4.04. The molecule has 1 aliphatic rings. The molecule has 1 heterocycles. The van der Waals surface area contributed by atoms with Crippen LogP contribution in [0, 0.1) is 17.6 Å². The summed E-state index contributed by atoms with van der Waals surface area (Å²) in [5.74, 6) is -2.48. The highest BCUT2D eigenvalue weighted by Crippen LogP contribution is 2.37. The third kappa shape index (κ3) is 5.71. The fraction of sp³-hybridized carbons (Fsp3) is 0.304. The summed E-state index contributed by atoms with van der Waals surface area (Å²) in [5.41, 5.74) is 1.48. The van der Waals surface area contributed by atoms with Gasteiger partial charge in [0, 0.05) is 18.2 Å². The van der Waals surface area contributed by atoms with Crippen molar-refractivity contribution < 1.29 is 27.9 Å². The lowest BCUT2D eigenvalue weighted by molar-refractivity contribution is -0.138. The lowest BCUT2D eigenvalue weighted by Crippen LogP contribution is -2.16. The third-order valence-electron chi connectivity index (χ3n) is 5.74. The van der Waals surface area contributed by atoms with Gasteiger partial charge in [0.1, 0.15) is 11.6 Å². The second kappa shape index (κ2) is 9.76. The van der Waals surface area contributed by atoms with Crippen molar-refractivity contribution in [3.05, 3.63) is 65.6 Å². The SMILES string of the molecule is O=C(O)CC1CCC(c2ccc(NC(=O)c3nnc(Nc4cc(F)ccc4F)o3)cc2)CC1. The summed E-state index contributed by atoms with van der Waals surface area (Å²) in [5, 5.41) is 21.3. The topological polar surface area (TPSA) is 117 Å². The number of nitrogens with zero attached hydrogens (tertiary/aromatic N) is 2. The van der Waals surface area contributed by atoms with Crippen LogP contribution in [0.4, 0.5) is 26.2 Å². The summed E-state index contributed by atoms with van der Waals surface area (Å²) < 4.78 is 32.2. The number of aromatic nitrogens is 2. The van der Waals surface area contributed by atoms with Crippen LogP contribution in [-0.4, -0.2) is 27.2 Å². The van der Waals surface area contributed by atoms with Gasteiger partial charge in [0.25, 0.3) is 0 Å². The molecule has 0 bridgehead atoms. The highest BCUT2D eigenvalue weighted by Gasteiger charge is 2.24. The second-order valence-electron chi connectivity index (χ2n) is 8.05. The number of amides is 1. The Morgan fingerprint density at radius 1 is 1.03 bits per heavy atom. The molecule has 0 atom stereocenters. The molecular formula is C23H22F2N4O4. The first-order valence-electron chi connectivity index (χ1n) is 10.6. The van der Waals surface area contributed by atoms with Gasteiger partial charge in [-0.15, -0.1) is 5.10 Å². The van der Waals surface area contributed by atoms with Crippen molar-refractivity contribution in [1.29, 1.82) is 0 Å². The van der Waals surface area contributed by atoms with Gasteiger partial charge >= 0.3 is 23.8 Å². The van der Waals surface area contributed by atoms with E-state index in [9.17, 15) is 18.4 Å². The number of hydrogen-bond acceptors (Lipinski definition) is 6. The highest BCUT2D eigenvalue weighted by atomic mass is 19.1. The van der Waals surface area contributed by atoms with Crippen LogP contribution in [0.1, 0.15) is 54.3 Å². The van der Waals surface area contributed by atoms with E-state index in [1.165, 1.54) is 0 Å². The summed E-state index contributed by atoms with van der Waals surface area (Å²) in [7, 11) is 0. The number of carbonyl (C=O) groups is 2. The summed E-state index contributed by atoms with van der Waals surface area (Å²) in [6.45, 7) is 0. The molecule has 1 fully saturated rings. The van der Waals surface area contributed by atoms with Crippen molar-refractivity contribution in [1.82, 2.24) is 10.2 Å². The van der Waals surface area contributed by atoms with E-state index in [1.54, 1.807) is 12.1 Å². The van der Waals surface area contributed by atoms with E-state index in [0.717, 1.165) is 49.4 Å². The normalized spacial score (nSPS) is 18.0. The van der Waals surface area contributed by atoms with Gasteiger partial charge in [-0.3, -0.25) is 9.59 Å². The quantitative estimate of drug-likeness (QED) is 0.453. The zero-order valence-corrected chi connectivity index (χ0v) is 17.6. The van der Waals surface area contributed by atoms with Crippen molar-refractivity contribution >= 4 is 29.3 Å². The minimum atomic E-state index is -0.746. The maximum Gasteiger partial charge on any atom is 0.320 e. The van der Waals surface area contributed by atoms with Gasteiger partial charge in [-0.05, 0) is 67.3 Å².